The van der Waals surface area contributed by atoms with Gasteiger partial charge in [0.25, 0.3) is 0 Å². The zero-order valence-electron chi connectivity index (χ0n) is 15.5. The van der Waals surface area contributed by atoms with Crippen molar-refractivity contribution in [3.8, 4) is 0 Å². The molecular formula is C18H22N8S. The standard InChI is InChI=1S/C18H22N8S/c1-12-10-13(2)26(25-12)14(3)17-23-24-18(27-17)22-16(19)7-9-20-11-15-6-4-5-8-21-15/h4-10,14,20H,11H2,1-3H3,(H2,19,22,24)/b9-7-. The van der Waals surface area contributed by atoms with Crippen molar-refractivity contribution < 1.29 is 0 Å². The maximum atomic E-state index is 5.94. The van der Waals surface area contributed by atoms with E-state index in [9.17, 15) is 0 Å². The highest BCUT2D eigenvalue weighted by Crippen LogP contribution is 2.27. The third kappa shape index (κ3) is 4.98. The summed E-state index contributed by atoms with van der Waals surface area (Å²) in [6.45, 7) is 6.66. The van der Waals surface area contributed by atoms with Crippen molar-refractivity contribution in [2.24, 2.45) is 10.7 Å². The van der Waals surface area contributed by atoms with E-state index in [1.54, 1.807) is 18.5 Å². The normalized spacial score (nSPS) is 13.2. The van der Waals surface area contributed by atoms with Crippen LogP contribution in [0.4, 0.5) is 5.13 Å². The lowest BCUT2D eigenvalue weighted by Crippen LogP contribution is -2.11. The molecule has 8 nitrogen and oxygen atoms in total. The molecule has 0 bridgehead atoms. The SMILES string of the molecule is Cc1cc(C)n(C(C)c2nnc(/N=C(N)\C=C/NCc3ccccn3)s2)n1. The van der Waals surface area contributed by atoms with Crippen LogP contribution in [0.2, 0.25) is 0 Å². The van der Waals surface area contributed by atoms with Crippen LogP contribution in [0.1, 0.15) is 35.1 Å². The second-order valence-corrected chi connectivity index (χ2v) is 7.03. The van der Waals surface area contributed by atoms with Crippen LogP contribution in [0, 0.1) is 13.8 Å². The molecule has 0 saturated carbocycles. The first-order valence-corrected chi connectivity index (χ1v) is 9.34. The Balaban J connectivity index is 1.60. The van der Waals surface area contributed by atoms with Crippen LogP contribution in [0.5, 0.6) is 0 Å². The Morgan fingerprint density at radius 2 is 2.22 bits per heavy atom. The molecule has 0 saturated heterocycles. The monoisotopic (exact) mass is 382 g/mol. The molecule has 0 radical (unpaired) electrons. The van der Waals surface area contributed by atoms with Gasteiger partial charge in [-0.2, -0.15) is 5.10 Å². The number of nitrogens with one attached hydrogen (secondary N) is 1. The van der Waals surface area contributed by atoms with E-state index < -0.39 is 0 Å². The Hall–Kier alpha value is -3.07. The highest BCUT2D eigenvalue weighted by atomic mass is 32.1. The van der Waals surface area contributed by atoms with Gasteiger partial charge in [-0.1, -0.05) is 17.4 Å². The van der Waals surface area contributed by atoms with Crippen molar-refractivity contribution in [3.05, 3.63) is 64.8 Å². The highest BCUT2D eigenvalue weighted by Gasteiger charge is 2.16. The summed E-state index contributed by atoms with van der Waals surface area (Å²) in [5.74, 6) is 0.352. The molecule has 0 aliphatic carbocycles. The fraction of sp³-hybridized carbons (Fsp3) is 0.278. The fourth-order valence-corrected chi connectivity index (χ4v) is 3.31. The number of hydrogen-bond donors (Lipinski definition) is 2. The molecule has 0 fully saturated rings. The predicted molar refractivity (Wildman–Crippen MR) is 107 cm³/mol. The summed E-state index contributed by atoms with van der Waals surface area (Å²) in [7, 11) is 0. The van der Waals surface area contributed by atoms with E-state index in [0.29, 0.717) is 17.5 Å². The molecule has 27 heavy (non-hydrogen) atoms. The minimum Gasteiger partial charge on any atom is -0.385 e. The Morgan fingerprint density at radius 1 is 1.37 bits per heavy atom. The van der Waals surface area contributed by atoms with E-state index in [1.165, 1.54) is 11.3 Å². The number of pyridine rings is 1. The summed E-state index contributed by atoms with van der Waals surface area (Å²) in [5, 5.41) is 17.3. The van der Waals surface area contributed by atoms with Crippen LogP contribution in [0.25, 0.3) is 0 Å². The van der Waals surface area contributed by atoms with Gasteiger partial charge in [0, 0.05) is 18.1 Å². The molecule has 0 aromatic carbocycles. The van der Waals surface area contributed by atoms with Crippen LogP contribution in [0.15, 0.2) is 47.7 Å². The first-order chi connectivity index (χ1) is 13.0. The van der Waals surface area contributed by atoms with Gasteiger partial charge in [-0.15, -0.1) is 10.2 Å². The molecular weight excluding hydrogens is 360 g/mol. The highest BCUT2D eigenvalue weighted by molar-refractivity contribution is 7.15. The van der Waals surface area contributed by atoms with Crippen molar-refractivity contribution in [2.45, 2.75) is 33.4 Å². The van der Waals surface area contributed by atoms with Crippen LogP contribution in [-0.4, -0.2) is 30.8 Å². The molecule has 0 aliphatic heterocycles. The van der Waals surface area contributed by atoms with Gasteiger partial charge < -0.3 is 11.1 Å². The van der Waals surface area contributed by atoms with Crippen molar-refractivity contribution in [3.63, 3.8) is 0 Å². The molecule has 3 N–H and O–H groups in total. The molecule has 140 valence electrons. The Bertz CT molecular complexity index is 941. The van der Waals surface area contributed by atoms with Crippen LogP contribution >= 0.6 is 11.3 Å². The lowest BCUT2D eigenvalue weighted by atomic mass is 10.3. The number of rotatable bonds is 7. The van der Waals surface area contributed by atoms with Gasteiger partial charge in [-0.05, 0) is 45.0 Å². The van der Waals surface area contributed by atoms with E-state index in [0.717, 1.165) is 22.1 Å². The van der Waals surface area contributed by atoms with Crippen molar-refractivity contribution in [2.75, 3.05) is 0 Å². The largest absolute Gasteiger partial charge is 0.385 e. The zero-order chi connectivity index (χ0) is 19.2. The zero-order valence-corrected chi connectivity index (χ0v) is 16.3. The van der Waals surface area contributed by atoms with Gasteiger partial charge >= 0.3 is 0 Å². The second-order valence-electron chi connectivity index (χ2n) is 6.04. The van der Waals surface area contributed by atoms with Crippen molar-refractivity contribution >= 4 is 22.3 Å². The van der Waals surface area contributed by atoms with Gasteiger partial charge in [0.1, 0.15) is 16.9 Å². The third-order valence-electron chi connectivity index (χ3n) is 3.80. The first kappa shape index (κ1) is 18.7. The summed E-state index contributed by atoms with van der Waals surface area (Å²) < 4.78 is 1.94. The fourth-order valence-electron chi connectivity index (χ4n) is 2.54. The smallest absolute Gasteiger partial charge is 0.233 e. The number of hydrogen-bond acceptors (Lipinski definition) is 7. The van der Waals surface area contributed by atoms with Gasteiger partial charge in [-0.3, -0.25) is 9.67 Å². The van der Waals surface area contributed by atoms with Crippen LogP contribution < -0.4 is 11.1 Å². The van der Waals surface area contributed by atoms with Crippen LogP contribution in [-0.2, 0) is 6.54 Å². The lowest BCUT2D eigenvalue weighted by Gasteiger charge is -2.10. The topological polar surface area (TPSA) is 107 Å². The van der Waals surface area contributed by atoms with E-state index >= 15 is 0 Å². The predicted octanol–water partition coefficient (Wildman–Crippen LogP) is 2.65. The molecule has 0 spiro atoms. The number of aromatic nitrogens is 5. The van der Waals surface area contributed by atoms with E-state index in [1.807, 2.05) is 49.7 Å². The number of nitrogens with zero attached hydrogens (tertiary/aromatic N) is 6. The van der Waals surface area contributed by atoms with Gasteiger partial charge in [-0.25, -0.2) is 4.99 Å². The summed E-state index contributed by atoms with van der Waals surface area (Å²) in [4.78, 5) is 8.53. The van der Waals surface area contributed by atoms with Crippen LogP contribution in [0.3, 0.4) is 0 Å². The van der Waals surface area contributed by atoms with Crippen molar-refractivity contribution in [1.82, 2.24) is 30.3 Å². The molecule has 1 unspecified atom stereocenters. The van der Waals surface area contributed by atoms with Crippen molar-refractivity contribution in [1.29, 1.82) is 0 Å². The average molecular weight is 382 g/mol. The lowest BCUT2D eigenvalue weighted by molar-refractivity contribution is 0.540. The molecule has 0 aliphatic rings. The average Bonchev–Trinajstić information content (AvgIpc) is 3.25. The van der Waals surface area contributed by atoms with Gasteiger partial charge in [0.05, 0.1) is 17.9 Å². The van der Waals surface area contributed by atoms with E-state index in [2.05, 4.69) is 30.6 Å². The number of aliphatic imine (C=N–C) groups is 1. The van der Waals surface area contributed by atoms with Gasteiger partial charge in [0.2, 0.25) is 5.13 Å². The Labute approximate surface area is 161 Å². The maximum absolute atomic E-state index is 5.94. The third-order valence-corrected chi connectivity index (χ3v) is 4.79. The molecule has 1 atom stereocenters. The minimum absolute atomic E-state index is 0.00282. The number of amidine groups is 1. The molecule has 0 amide bonds. The molecule has 3 aromatic heterocycles. The molecule has 3 heterocycles. The Kier molecular flexibility index (Phi) is 5.92. The van der Waals surface area contributed by atoms with Gasteiger partial charge in [0.15, 0.2) is 0 Å². The summed E-state index contributed by atoms with van der Waals surface area (Å²) >= 11 is 1.40. The van der Waals surface area contributed by atoms with E-state index in [4.69, 9.17) is 5.73 Å². The molecule has 3 rings (SSSR count). The second kappa shape index (κ2) is 8.54. The number of nitrogens with two attached hydrogens (primary N) is 1. The summed E-state index contributed by atoms with van der Waals surface area (Å²) in [5.41, 5.74) is 8.95. The minimum atomic E-state index is -0.00282. The Morgan fingerprint density at radius 3 is 2.93 bits per heavy atom. The number of aryl methyl sites for hydroxylation is 2. The maximum Gasteiger partial charge on any atom is 0.233 e. The molecule has 9 heteroatoms. The van der Waals surface area contributed by atoms with E-state index in [-0.39, 0.29) is 6.04 Å². The quantitative estimate of drug-likeness (QED) is 0.480. The summed E-state index contributed by atoms with van der Waals surface area (Å²) in [6.07, 6.45) is 5.19. The molecule has 3 aromatic rings. The first-order valence-electron chi connectivity index (χ1n) is 8.53. The summed E-state index contributed by atoms with van der Waals surface area (Å²) in [6, 6.07) is 7.82.